The number of aromatic nitrogens is 4. The lowest BCUT2D eigenvalue weighted by Gasteiger charge is -2.27. The van der Waals surface area contributed by atoms with E-state index >= 15 is 0 Å². The van der Waals surface area contributed by atoms with Crippen molar-refractivity contribution in [1.29, 1.82) is 0 Å². The van der Waals surface area contributed by atoms with Crippen LogP contribution in [0, 0.1) is 0 Å². The lowest BCUT2D eigenvalue weighted by molar-refractivity contribution is 0.552. The van der Waals surface area contributed by atoms with E-state index in [0.29, 0.717) is 0 Å². The van der Waals surface area contributed by atoms with Gasteiger partial charge in [0.15, 0.2) is 0 Å². The summed E-state index contributed by atoms with van der Waals surface area (Å²) in [5, 5.41) is 9.71. The zero-order valence-electron chi connectivity index (χ0n) is 16.2. The Morgan fingerprint density at radius 3 is 1.26 bits per heavy atom. The first-order valence-corrected chi connectivity index (χ1v) is 8.41. The maximum absolute atomic E-state index is 4.85. The second-order valence-electron chi connectivity index (χ2n) is 9.60. The lowest BCUT2D eigenvalue weighted by Crippen LogP contribution is -2.43. The van der Waals surface area contributed by atoms with E-state index < -0.39 is 0 Å². The summed E-state index contributed by atoms with van der Waals surface area (Å²) in [5.41, 5.74) is 2.31. The minimum Gasteiger partial charge on any atom is -0.289 e. The third-order valence-electron chi connectivity index (χ3n) is 4.03. The van der Waals surface area contributed by atoms with E-state index in [1.807, 2.05) is 0 Å². The van der Waals surface area contributed by atoms with Crippen LogP contribution in [0.25, 0.3) is 0 Å². The van der Waals surface area contributed by atoms with Gasteiger partial charge in [-0.05, 0) is 17.4 Å². The van der Waals surface area contributed by atoms with Crippen LogP contribution in [0.15, 0.2) is 24.5 Å². The molecule has 126 valence electrons. The van der Waals surface area contributed by atoms with Gasteiger partial charge in [0, 0.05) is 23.2 Å². The number of nitrogens with zero attached hydrogens (tertiary/aromatic N) is 4. The number of hydrogen-bond acceptors (Lipinski definition) is 2. The molecule has 0 amide bonds. The van der Waals surface area contributed by atoms with E-state index in [4.69, 9.17) is 10.2 Å². The van der Waals surface area contributed by atoms with E-state index in [1.165, 1.54) is 0 Å². The SMILES string of the molecule is CC(C)(C)B(n1ccc(C(C)(C)C)n1)n1ccc(C(C)(C)C)n1. The van der Waals surface area contributed by atoms with Gasteiger partial charge in [-0.25, -0.2) is 0 Å². The molecule has 0 atom stereocenters. The Labute approximate surface area is 141 Å². The van der Waals surface area contributed by atoms with Crippen molar-refractivity contribution in [2.45, 2.75) is 78.5 Å². The largest absolute Gasteiger partial charge is 0.424 e. The van der Waals surface area contributed by atoms with Gasteiger partial charge >= 0.3 is 6.98 Å². The van der Waals surface area contributed by atoms with Crippen LogP contribution in [0.2, 0.25) is 5.31 Å². The van der Waals surface area contributed by atoms with Gasteiger partial charge in [0.05, 0.1) is 11.4 Å². The van der Waals surface area contributed by atoms with Gasteiger partial charge in [-0.15, -0.1) is 0 Å². The molecule has 2 aromatic heterocycles. The van der Waals surface area contributed by atoms with Crippen molar-refractivity contribution in [3.05, 3.63) is 35.9 Å². The first kappa shape index (κ1) is 17.8. The van der Waals surface area contributed by atoms with Crippen LogP contribution in [0.3, 0.4) is 0 Å². The maximum atomic E-state index is 4.85. The van der Waals surface area contributed by atoms with Gasteiger partial charge in [0.25, 0.3) is 0 Å². The molecule has 0 spiro atoms. The molecule has 0 aliphatic carbocycles. The van der Waals surface area contributed by atoms with Crippen molar-refractivity contribution in [2.24, 2.45) is 0 Å². The van der Waals surface area contributed by atoms with Crippen molar-refractivity contribution in [2.75, 3.05) is 0 Å². The molecule has 0 aromatic carbocycles. The van der Waals surface area contributed by atoms with Gasteiger partial charge < -0.3 is 0 Å². The van der Waals surface area contributed by atoms with E-state index in [-0.39, 0.29) is 23.1 Å². The van der Waals surface area contributed by atoms with Crippen molar-refractivity contribution in [3.63, 3.8) is 0 Å². The first-order chi connectivity index (χ1) is 10.3. The van der Waals surface area contributed by atoms with Crippen LogP contribution in [0.1, 0.15) is 73.7 Å². The quantitative estimate of drug-likeness (QED) is 0.772. The molecule has 4 nitrogen and oxygen atoms in total. The fourth-order valence-electron chi connectivity index (χ4n) is 2.66. The van der Waals surface area contributed by atoms with Crippen LogP contribution < -0.4 is 0 Å². The van der Waals surface area contributed by atoms with E-state index in [2.05, 4.69) is 96.0 Å². The van der Waals surface area contributed by atoms with E-state index in [9.17, 15) is 0 Å². The van der Waals surface area contributed by atoms with Gasteiger partial charge in [-0.3, -0.25) is 9.19 Å². The smallest absolute Gasteiger partial charge is 0.289 e. The zero-order valence-corrected chi connectivity index (χ0v) is 16.2. The Balaban J connectivity index is 2.47. The van der Waals surface area contributed by atoms with Crippen molar-refractivity contribution in [3.8, 4) is 0 Å². The average molecular weight is 314 g/mol. The third-order valence-corrected chi connectivity index (χ3v) is 4.03. The molecule has 2 rings (SSSR count). The van der Waals surface area contributed by atoms with Gasteiger partial charge in [-0.1, -0.05) is 62.3 Å². The van der Waals surface area contributed by atoms with Crippen LogP contribution >= 0.6 is 0 Å². The van der Waals surface area contributed by atoms with Gasteiger partial charge in [-0.2, -0.15) is 10.2 Å². The standard InChI is InChI=1S/C18H31BN4/c1-16(2,3)14-10-12-22(20-14)19(18(7,8)9)23-13-11-15(21-23)17(4,5)6/h10-13H,1-9H3. The molecule has 0 aliphatic heterocycles. The van der Waals surface area contributed by atoms with E-state index in [0.717, 1.165) is 11.4 Å². The van der Waals surface area contributed by atoms with Crippen molar-refractivity contribution < 1.29 is 0 Å². The highest BCUT2D eigenvalue weighted by molar-refractivity contribution is 6.58. The molecular weight excluding hydrogens is 283 g/mol. The second-order valence-corrected chi connectivity index (χ2v) is 9.60. The normalized spacial score (nSPS) is 13.4. The summed E-state index contributed by atoms with van der Waals surface area (Å²) in [4.78, 5) is 0. The number of rotatable bonds is 2. The molecule has 0 fully saturated rings. The summed E-state index contributed by atoms with van der Waals surface area (Å²) in [6.07, 6.45) is 4.16. The van der Waals surface area contributed by atoms with Crippen molar-refractivity contribution >= 4 is 6.98 Å². The summed E-state index contributed by atoms with van der Waals surface area (Å²) in [6.45, 7) is 19.9. The molecule has 0 saturated carbocycles. The van der Waals surface area contributed by atoms with Gasteiger partial charge in [0.1, 0.15) is 0 Å². The van der Waals surface area contributed by atoms with E-state index in [1.54, 1.807) is 0 Å². The van der Waals surface area contributed by atoms with Crippen LogP contribution in [0.5, 0.6) is 0 Å². The molecule has 23 heavy (non-hydrogen) atoms. The molecule has 0 radical (unpaired) electrons. The Hall–Kier alpha value is -1.52. The second kappa shape index (κ2) is 5.54. The van der Waals surface area contributed by atoms with Crippen molar-refractivity contribution in [1.82, 2.24) is 19.4 Å². The molecule has 5 heteroatoms. The van der Waals surface area contributed by atoms with Crippen LogP contribution in [-0.2, 0) is 10.8 Å². The summed E-state index contributed by atoms with van der Waals surface area (Å²) in [6, 6.07) is 4.24. The zero-order chi connectivity index (χ0) is 17.6. The Bertz CT molecular complexity index is 610. The predicted octanol–water partition coefficient (Wildman–Crippen LogP) is 4.36. The van der Waals surface area contributed by atoms with Crippen LogP contribution in [-0.4, -0.2) is 26.4 Å². The summed E-state index contributed by atoms with van der Waals surface area (Å²) in [5.74, 6) is 0. The molecule has 0 unspecified atom stereocenters. The summed E-state index contributed by atoms with van der Waals surface area (Å²) in [7, 11) is 0. The highest BCUT2D eigenvalue weighted by atomic mass is 15.3. The molecule has 0 N–H and O–H groups in total. The molecule has 2 heterocycles. The fourth-order valence-corrected chi connectivity index (χ4v) is 2.66. The minimum atomic E-state index is 0.00233. The minimum absolute atomic E-state index is 0.00233. The first-order valence-electron chi connectivity index (χ1n) is 8.41. The molecule has 0 aliphatic rings. The molecule has 2 aromatic rings. The highest BCUT2D eigenvalue weighted by Crippen LogP contribution is 2.30. The third kappa shape index (κ3) is 3.88. The topological polar surface area (TPSA) is 35.6 Å². The Morgan fingerprint density at radius 2 is 1.04 bits per heavy atom. The fraction of sp³-hybridized carbons (Fsp3) is 0.667. The van der Waals surface area contributed by atoms with Crippen LogP contribution in [0.4, 0.5) is 0 Å². The van der Waals surface area contributed by atoms with Gasteiger partial charge in [0.2, 0.25) is 0 Å². The summed E-state index contributed by atoms with van der Waals surface area (Å²) < 4.78 is 4.11. The molecular formula is C18H31BN4. The monoisotopic (exact) mass is 314 g/mol. The Kier molecular flexibility index (Phi) is 4.29. The molecule has 0 bridgehead atoms. The molecule has 0 saturated heterocycles. The predicted molar refractivity (Wildman–Crippen MR) is 98.1 cm³/mol. The average Bonchev–Trinajstić information content (AvgIpc) is 2.94. The summed E-state index contributed by atoms with van der Waals surface area (Å²) >= 11 is 0. The lowest BCUT2D eigenvalue weighted by atomic mass is 9.53. The highest BCUT2D eigenvalue weighted by Gasteiger charge is 2.37. The Morgan fingerprint density at radius 1 is 0.696 bits per heavy atom. The maximum Gasteiger partial charge on any atom is 0.424 e. The number of hydrogen-bond donors (Lipinski definition) is 0.